The van der Waals surface area contributed by atoms with Gasteiger partial charge in [-0.3, -0.25) is 4.79 Å². The zero-order chi connectivity index (χ0) is 23.2. The third-order valence-electron chi connectivity index (χ3n) is 5.18. The second-order valence-electron chi connectivity index (χ2n) is 7.47. The fourth-order valence-corrected chi connectivity index (χ4v) is 3.71. The highest BCUT2D eigenvalue weighted by Gasteiger charge is 2.31. The number of pyridine rings is 1. The smallest absolute Gasteiger partial charge is 0.398 e. The molecule has 0 aliphatic carbocycles. The van der Waals surface area contributed by atoms with Gasteiger partial charge in [0.25, 0.3) is 5.91 Å². The number of benzene rings is 1. The predicted molar refractivity (Wildman–Crippen MR) is 114 cm³/mol. The Labute approximate surface area is 184 Å². The number of fused-ring (bicyclic) bond motifs is 2. The lowest BCUT2D eigenvalue weighted by molar-refractivity contribution is -0.139. The Hall–Kier alpha value is -4.28. The van der Waals surface area contributed by atoms with Crippen LogP contribution in [0.15, 0.2) is 65.4 Å². The highest BCUT2D eigenvalue weighted by atomic mass is 19.4. The Balaban J connectivity index is 1.39. The molecule has 0 aliphatic rings. The summed E-state index contributed by atoms with van der Waals surface area (Å²) >= 11 is 0. The number of nitrogen functional groups attached to an aromatic ring is 1. The summed E-state index contributed by atoms with van der Waals surface area (Å²) in [6.07, 6.45) is -0.958. The molecule has 0 aliphatic heterocycles. The molecule has 168 valence electrons. The first-order valence-corrected chi connectivity index (χ1v) is 9.91. The quantitative estimate of drug-likeness (QED) is 0.391. The number of nitrogens with zero attached hydrogens (tertiary/aromatic N) is 4. The SMILES string of the molecule is Nc1cccc2c1cc(-c1noc(CNC(=O)c3cc4ccccn4c3)n1)n2CC(F)(F)F. The number of carbonyl (C=O) groups is 1. The largest absolute Gasteiger partial charge is 0.406 e. The maximum absolute atomic E-state index is 13.2. The van der Waals surface area contributed by atoms with Crippen LogP contribution >= 0.6 is 0 Å². The minimum atomic E-state index is -4.47. The van der Waals surface area contributed by atoms with Crippen molar-refractivity contribution in [2.24, 2.45) is 0 Å². The Bertz CT molecular complexity index is 1450. The van der Waals surface area contributed by atoms with Crippen LogP contribution in [0.25, 0.3) is 27.9 Å². The van der Waals surface area contributed by atoms with E-state index in [0.29, 0.717) is 22.2 Å². The first-order valence-electron chi connectivity index (χ1n) is 9.91. The van der Waals surface area contributed by atoms with Gasteiger partial charge in [-0.05, 0) is 36.4 Å². The van der Waals surface area contributed by atoms with E-state index >= 15 is 0 Å². The molecule has 4 heterocycles. The van der Waals surface area contributed by atoms with E-state index < -0.39 is 12.7 Å². The van der Waals surface area contributed by atoms with Crippen molar-refractivity contribution in [2.75, 3.05) is 5.73 Å². The zero-order valence-electron chi connectivity index (χ0n) is 17.0. The molecule has 0 fully saturated rings. The normalized spacial score (nSPS) is 12.0. The van der Waals surface area contributed by atoms with Crippen molar-refractivity contribution >= 4 is 28.0 Å². The summed E-state index contributed by atoms with van der Waals surface area (Å²) in [6, 6.07) is 13.5. The summed E-state index contributed by atoms with van der Waals surface area (Å²) in [6.45, 7) is -1.32. The van der Waals surface area contributed by atoms with E-state index in [-0.39, 0.29) is 29.9 Å². The van der Waals surface area contributed by atoms with Gasteiger partial charge in [-0.1, -0.05) is 17.3 Å². The van der Waals surface area contributed by atoms with E-state index in [9.17, 15) is 18.0 Å². The Morgan fingerprint density at radius 1 is 1.15 bits per heavy atom. The minimum absolute atomic E-state index is 0.0336. The van der Waals surface area contributed by atoms with Crippen LogP contribution in [0.3, 0.4) is 0 Å². The standard InChI is InChI=1S/C22H17F3N6O2/c23-22(24,25)12-31-17-6-3-5-16(26)15(17)9-18(31)20-28-19(33-29-20)10-27-21(32)13-8-14-4-1-2-7-30(14)11-13/h1-9,11H,10,12,26H2,(H,27,32). The summed E-state index contributed by atoms with van der Waals surface area (Å²) in [7, 11) is 0. The molecular weight excluding hydrogens is 437 g/mol. The number of nitrogens with two attached hydrogens (primary N) is 1. The van der Waals surface area contributed by atoms with Crippen LogP contribution in [0.4, 0.5) is 18.9 Å². The van der Waals surface area contributed by atoms with E-state index in [1.54, 1.807) is 30.5 Å². The van der Waals surface area contributed by atoms with E-state index in [2.05, 4.69) is 15.5 Å². The fraction of sp³-hybridized carbons (Fsp3) is 0.136. The summed E-state index contributed by atoms with van der Waals surface area (Å²) in [5.74, 6) is -0.329. The number of hydrogen-bond donors (Lipinski definition) is 2. The van der Waals surface area contributed by atoms with E-state index in [1.807, 2.05) is 28.8 Å². The van der Waals surface area contributed by atoms with Gasteiger partial charge in [-0.25, -0.2) is 0 Å². The molecule has 11 heteroatoms. The molecule has 0 unspecified atom stereocenters. The molecule has 0 atom stereocenters. The Kier molecular flexibility index (Phi) is 4.81. The number of carbonyl (C=O) groups excluding carboxylic acids is 1. The molecular formula is C22H17F3N6O2. The summed E-state index contributed by atoms with van der Waals surface area (Å²) in [5.41, 5.74) is 8.01. The average molecular weight is 454 g/mol. The average Bonchev–Trinajstić information content (AvgIpc) is 3.48. The van der Waals surface area contributed by atoms with Crippen molar-refractivity contribution in [3.8, 4) is 11.5 Å². The van der Waals surface area contributed by atoms with Crippen LogP contribution in [-0.4, -0.2) is 31.2 Å². The van der Waals surface area contributed by atoms with Crippen molar-refractivity contribution in [2.45, 2.75) is 19.3 Å². The predicted octanol–water partition coefficient (Wildman–Crippen LogP) is 4.02. The van der Waals surface area contributed by atoms with Gasteiger partial charge >= 0.3 is 6.18 Å². The van der Waals surface area contributed by atoms with Gasteiger partial charge in [-0.15, -0.1) is 0 Å². The highest BCUT2D eigenvalue weighted by molar-refractivity contribution is 5.96. The first-order chi connectivity index (χ1) is 15.8. The molecule has 8 nitrogen and oxygen atoms in total. The molecule has 5 aromatic rings. The first kappa shape index (κ1) is 20.6. The molecule has 0 saturated carbocycles. The van der Waals surface area contributed by atoms with Crippen molar-refractivity contribution in [1.29, 1.82) is 0 Å². The lowest BCUT2D eigenvalue weighted by Gasteiger charge is -2.11. The van der Waals surface area contributed by atoms with Crippen molar-refractivity contribution in [1.82, 2.24) is 24.4 Å². The van der Waals surface area contributed by atoms with Gasteiger partial charge in [0.15, 0.2) is 0 Å². The third kappa shape index (κ3) is 4.00. The van der Waals surface area contributed by atoms with Crippen LogP contribution in [0, 0.1) is 0 Å². The third-order valence-corrected chi connectivity index (χ3v) is 5.18. The van der Waals surface area contributed by atoms with E-state index in [4.69, 9.17) is 10.3 Å². The van der Waals surface area contributed by atoms with Gasteiger partial charge in [0, 0.05) is 29.0 Å². The van der Waals surface area contributed by atoms with Crippen LogP contribution < -0.4 is 11.1 Å². The van der Waals surface area contributed by atoms with Gasteiger partial charge in [0.2, 0.25) is 11.7 Å². The number of amides is 1. The number of rotatable bonds is 5. The lowest BCUT2D eigenvalue weighted by atomic mass is 10.2. The number of hydrogen-bond acceptors (Lipinski definition) is 5. The monoisotopic (exact) mass is 454 g/mol. The molecule has 1 aromatic carbocycles. The number of halogens is 3. The lowest BCUT2D eigenvalue weighted by Crippen LogP contribution is -2.22. The summed E-state index contributed by atoms with van der Waals surface area (Å²) in [5, 5.41) is 6.95. The molecule has 3 N–H and O–H groups in total. The molecule has 5 rings (SSSR count). The maximum Gasteiger partial charge on any atom is 0.406 e. The molecule has 0 radical (unpaired) electrons. The summed E-state index contributed by atoms with van der Waals surface area (Å²) < 4.78 is 47.7. The highest BCUT2D eigenvalue weighted by Crippen LogP contribution is 2.32. The number of alkyl halides is 3. The topological polar surface area (TPSA) is 103 Å². The number of nitrogens with one attached hydrogen (secondary N) is 1. The van der Waals surface area contributed by atoms with Crippen LogP contribution in [0.5, 0.6) is 0 Å². The molecule has 4 aromatic heterocycles. The van der Waals surface area contributed by atoms with Crippen molar-refractivity contribution in [3.63, 3.8) is 0 Å². The molecule has 0 spiro atoms. The second kappa shape index (κ2) is 7.69. The molecule has 1 amide bonds. The van der Waals surface area contributed by atoms with Crippen molar-refractivity contribution in [3.05, 3.63) is 72.4 Å². The molecule has 0 saturated heterocycles. The number of anilines is 1. The number of aromatic nitrogens is 4. The zero-order valence-corrected chi connectivity index (χ0v) is 17.0. The fourth-order valence-electron chi connectivity index (χ4n) is 3.71. The van der Waals surface area contributed by atoms with Gasteiger partial charge < -0.3 is 24.5 Å². The van der Waals surface area contributed by atoms with Crippen LogP contribution in [0.2, 0.25) is 0 Å². The Morgan fingerprint density at radius 3 is 2.79 bits per heavy atom. The second-order valence-corrected chi connectivity index (χ2v) is 7.47. The molecule has 0 bridgehead atoms. The van der Waals surface area contributed by atoms with E-state index in [1.165, 1.54) is 6.07 Å². The summed E-state index contributed by atoms with van der Waals surface area (Å²) in [4.78, 5) is 16.7. The van der Waals surface area contributed by atoms with Gasteiger partial charge in [0.1, 0.15) is 6.54 Å². The van der Waals surface area contributed by atoms with Gasteiger partial charge in [0.05, 0.1) is 23.3 Å². The van der Waals surface area contributed by atoms with Gasteiger partial charge in [-0.2, -0.15) is 18.2 Å². The van der Waals surface area contributed by atoms with Crippen LogP contribution in [-0.2, 0) is 13.1 Å². The Morgan fingerprint density at radius 2 is 2.00 bits per heavy atom. The molecule has 33 heavy (non-hydrogen) atoms. The minimum Gasteiger partial charge on any atom is -0.398 e. The van der Waals surface area contributed by atoms with Crippen LogP contribution in [0.1, 0.15) is 16.2 Å². The van der Waals surface area contributed by atoms with Crippen molar-refractivity contribution < 1.29 is 22.5 Å². The van der Waals surface area contributed by atoms with E-state index in [0.717, 1.165) is 10.1 Å². The maximum atomic E-state index is 13.2.